The highest BCUT2D eigenvalue weighted by molar-refractivity contribution is 7.91. The number of hydrogen-bond donors (Lipinski definition) is 2. The van der Waals surface area contributed by atoms with E-state index in [1.165, 1.54) is 12.0 Å². The Hall–Kier alpha value is -3.17. The minimum Gasteiger partial charge on any atom is -0.369 e. The second-order valence-electron chi connectivity index (χ2n) is 7.81. The van der Waals surface area contributed by atoms with Crippen LogP contribution in [-0.2, 0) is 9.84 Å². The highest BCUT2D eigenvalue weighted by Gasteiger charge is 2.15. The minimum absolute atomic E-state index is 0.0607. The van der Waals surface area contributed by atoms with Crippen LogP contribution in [0.4, 0.5) is 28.7 Å². The lowest BCUT2D eigenvalue weighted by molar-refractivity contribution is 0.313. The second-order valence-corrected chi connectivity index (χ2v) is 10.1. The van der Waals surface area contributed by atoms with E-state index >= 15 is 0 Å². The van der Waals surface area contributed by atoms with Gasteiger partial charge in [-0.05, 0) is 43.4 Å². The lowest BCUT2D eigenvalue weighted by atomic mass is 10.2. The zero-order chi connectivity index (χ0) is 22.6. The lowest BCUT2D eigenvalue weighted by Gasteiger charge is -2.34. The van der Waals surface area contributed by atoms with Crippen molar-refractivity contribution in [1.29, 1.82) is 0 Å². The summed E-state index contributed by atoms with van der Waals surface area (Å²) in [4.78, 5) is 13.6. The molecule has 4 rings (SSSR count). The molecular formula is C23H28N6O2S. The molecule has 0 unspecified atom stereocenters. The molecule has 0 saturated carbocycles. The predicted molar refractivity (Wildman–Crippen MR) is 129 cm³/mol. The summed E-state index contributed by atoms with van der Waals surface area (Å²) in [7, 11) is -1.12. The van der Waals surface area contributed by atoms with E-state index in [9.17, 15) is 8.42 Å². The Morgan fingerprint density at radius 3 is 2.16 bits per heavy atom. The first-order chi connectivity index (χ1) is 15.4. The SMILES string of the molecule is CCS(=O)(=O)c1cccc(Nc2cc(Nc3cccc(N4CCN(C)CC4)c3)ncn2)c1. The van der Waals surface area contributed by atoms with Crippen molar-refractivity contribution in [2.24, 2.45) is 0 Å². The minimum atomic E-state index is -3.27. The zero-order valence-electron chi connectivity index (χ0n) is 18.3. The molecule has 1 fully saturated rings. The van der Waals surface area contributed by atoms with Crippen LogP contribution in [0.2, 0.25) is 0 Å². The van der Waals surface area contributed by atoms with Gasteiger partial charge in [0, 0.05) is 49.3 Å². The Morgan fingerprint density at radius 2 is 1.50 bits per heavy atom. The average molecular weight is 453 g/mol. The molecule has 2 aromatic carbocycles. The van der Waals surface area contributed by atoms with Crippen molar-refractivity contribution in [1.82, 2.24) is 14.9 Å². The standard InChI is InChI=1S/C23H28N6O2S/c1-3-32(30,31)21-9-5-7-19(15-21)27-23-16-22(24-17-25-23)26-18-6-4-8-20(14-18)29-12-10-28(2)11-13-29/h4-9,14-17H,3,10-13H2,1-2H3,(H2,24,25,26,27). The number of rotatable bonds is 7. The molecule has 2 heterocycles. The highest BCUT2D eigenvalue weighted by atomic mass is 32.2. The fourth-order valence-corrected chi connectivity index (χ4v) is 4.49. The Morgan fingerprint density at radius 1 is 0.875 bits per heavy atom. The molecule has 9 heteroatoms. The second kappa shape index (κ2) is 9.54. The maximum Gasteiger partial charge on any atom is 0.178 e. The molecule has 2 N–H and O–H groups in total. The van der Waals surface area contributed by atoms with Crippen LogP contribution in [0.1, 0.15) is 6.92 Å². The van der Waals surface area contributed by atoms with E-state index in [0.29, 0.717) is 17.3 Å². The first kappa shape index (κ1) is 22.0. The van der Waals surface area contributed by atoms with Crippen LogP contribution in [0.15, 0.2) is 65.8 Å². The van der Waals surface area contributed by atoms with Gasteiger partial charge in [-0.15, -0.1) is 0 Å². The Bertz CT molecular complexity index is 1180. The maximum atomic E-state index is 12.2. The zero-order valence-corrected chi connectivity index (χ0v) is 19.1. The third-order valence-electron chi connectivity index (χ3n) is 5.50. The van der Waals surface area contributed by atoms with Gasteiger partial charge < -0.3 is 20.4 Å². The number of benzene rings is 2. The van der Waals surface area contributed by atoms with Crippen molar-refractivity contribution in [2.75, 3.05) is 54.5 Å². The van der Waals surface area contributed by atoms with E-state index in [2.05, 4.69) is 49.6 Å². The number of aromatic nitrogens is 2. The van der Waals surface area contributed by atoms with Crippen molar-refractivity contribution < 1.29 is 8.42 Å². The molecule has 0 atom stereocenters. The van der Waals surface area contributed by atoms with Gasteiger partial charge in [0.05, 0.1) is 10.6 Å². The van der Waals surface area contributed by atoms with E-state index in [4.69, 9.17) is 0 Å². The average Bonchev–Trinajstić information content (AvgIpc) is 2.80. The number of likely N-dealkylation sites (N-methyl/N-ethyl adjacent to an activating group) is 1. The van der Waals surface area contributed by atoms with Gasteiger partial charge in [0.1, 0.15) is 18.0 Å². The summed E-state index contributed by atoms with van der Waals surface area (Å²) in [6.07, 6.45) is 1.47. The van der Waals surface area contributed by atoms with Crippen LogP contribution < -0.4 is 15.5 Å². The van der Waals surface area contributed by atoms with Gasteiger partial charge in [-0.3, -0.25) is 0 Å². The van der Waals surface area contributed by atoms with E-state index in [-0.39, 0.29) is 10.6 Å². The van der Waals surface area contributed by atoms with Crippen LogP contribution in [-0.4, -0.2) is 62.3 Å². The van der Waals surface area contributed by atoms with Gasteiger partial charge in [0.25, 0.3) is 0 Å². The summed E-state index contributed by atoms with van der Waals surface area (Å²) in [5.74, 6) is 1.28. The highest BCUT2D eigenvalue weighted by Crippen LogP contribution is 2.25. The Labute approximate surface area is 189 Å². The van der Waals surface area contributed by atoms with E-state index in [1.54, 1.807) is 31.2 Å². The van der Waals surface area contributed by atoms with Crippen LogP contribution in [0.25, 0.3) is 0 Å². The molecule has 8 nitrogen and oxygen atoms in total. The number of nitrogens with one attached hydrogen (secondary N) is 2. The molecule has 3 aromatic rings. The quantitative estimate of drug-likeness (QED) is 0.563. The normalized spacial score (nSPS) is 14.9. The van der Waals surface area contributed by atoms with Gasteiger partial charge >= 0.3 is 0 Å². The molecule has 32 heavy (non-hydrogen) atoms. The summed E-state index contributed by atoms with van der Waals surface area (Å²) in [6.45, 7) is 5.76. The molecule has 1 aromatic heterocycles. The molecule has 0 radical (unpaired) electrons. The van der Waals surface area contributed by atoms with E-state index in [0.717, 1.165) is 31.9 Å². The van der Waals surface area contributed by atoms with Gasteiger partial charge in [-0.2, -0.15) is 0 Å². The number of sulfone groups is 1. The first-order valence-corrected chi connectivity index (χ1v) is 12.3. The predicted octanol–water partition coefficient (Wildman–Crippen LogP) is 3.51. The number of nitrogens with zero attached hydrogens (tertiary/aromatic N) is 4. The van der Waals surface area contributed by atoms with Crippen molar-refractivity contribution >= 4 is 38.5 Å². The molecule has 1 aliphatic heterocycles. The van der Waals surface area contributed by atoms with Crippen LogP contribution in [0, 0.1) is 0 Å². The summed E-state index contributed by atoms with van der Waals surface area (Å²) in [6, 6.07) is 16.8. The summed E-state index contributed by atoms with van der Waals surface area (Å²) < 4.78 is 24.3. The van der Waals surface area contributed by atoms with E-state index < -0.39 is 9.84 Å². The van der Waals surface area contributed by atoms with Crippen LogP contribution in [0.3, 0.4) is 0 Å². The van der Waals surface area contributed by atoms with Crippen molar-refractivity contribution in [3.63, 3.8) is 0 Å². The summed E-state index contributed by atoms with van der Waals surface area (Å²) in [5.41, 5.74) is 2.79. The molecule has 168 valence electrons. The van der Waals surface area contributed by atoms with Gasteiger partial charge in [-0.1, -0.05) is 19.1 Å². The van der Waals surface area contributed by atoms with Crippen molar-refractivity contribution in [3.8, 4) is 0 Å². The fourth-order valence-electron chi connectivity index (χ4n) is 3.57. The molecule has 0 aliphatic carbocycles. The van der Waals surface area contributed by atoms with Gasteiger partial charge in [-0.25, -0.2) is 18.4 Å². The monoisotopic (exact) mass is 452 g/mol. The molecule has 1 saturated heterocycles. The molecule has 0 spiro atoms. The fraction of sp³-hybridized carbons (Fsp3) is 0.304. The van der Waals surface area contributed by atoms with Crippen LogP contribution in [0.5, 0.6) is 0 Å². The number of anilines is 5. The topological polar surface area (TPSA) is 90.5 Å². The third kappa shape index (κ3) is 5.35. The lowest BCUT2D eigenvalue weighted by Crippen LogP contribution is -2.44. The largest absolute Gasteiger partial charge is 0.369 e. The molecule has 0 amide bonds. The summed E-state index contributed by atoms with van der Waals surface area (Å²) in [5, 5.41) is 6.50. The molecular weight excluding hydrogens is 424 g/mol. The van der Waals surface area contributed by atoms with E-state index in [1.807, 2.05) is 18.2 Å². The first-order valence-electron chi connectivity index (χ1n) is 10.7. The van der Waals surface area contributed by atoms with Gasteiger partial charge in [0.15, 0.2) is 9.84 Å². The van der Waals surface area contributed by atoms with Crippen molar-refractivity contribution in [2.45, 2.75) is 11.8 Å². The van der Waals surface area contributed by atoms with Crippen molar-refractivity contribution in [3.05, 3.63) is 60.9 Å². The summed E-state index contributed by atoms with van der Waals surface area (Å²) >= 11 is 0. The van der Waals surface area contributed by atoms with Gasteiger partial charge in [0.2, 0.25) is 0 Å². The Kier molecular flexibility index (Phi) is 6.57. The molecule has 1 aliphatic rings. The molecule has 0 bridgehead atoms. The smallest absolute Gasteiger partial charge is 0.178 e. The Balaban J connectivity index is 1.47. The third-order valence-corrected chi connectivity index (χ3v) is 7.23. The maximum absolute atomic E-state index is 12.2. The number of hydrogen-bond acceptors (Lipinski definition) is 8. The van der Waals surface area contributed by atoms with Crippen LogP contribution >= 0.6 is 0 Å². The number of piperazine rings is 1.